The fraction of sp³-hybridized carbons (Fsp3) is 0.409. The molecule has 4 heteroatoms. The van der Waals surface area contributed by atoms with Gasteiger partial charge < -0.3 is 14.7 Å². The van der Waals surface area contributed by atoms with Gasteiger partial charge in [-0.05, 0) is 42.4 Å². The molecule has 1 aliphatic carbocycles. The molecule has 1 saturated carbocycles. The van der Waals surface area contributed by atoms with Crippen molar-refractivity contribution in [2.75, 3.05) is 19.7 Å². The lowest BCUT2D eigenvalue weighted by molar-refractivity contribution is 0.0761. The van der Waals surface area contributed by atoms with Gasteiger partial charge in [-0.2, -0.15) is 0 Å². The topological polar surface area (TPSA) is 49.8 Å². The Balaban J connectivity index is 1.40. The van der Waals surface area contributed by atoms with Crippen molar-refractivity contribution in [3.63, 3.8) is 0 Å². The van der Waals surface area contributed by atoms with Gasteiger partial charge in [0.2, 0.25) is 0 Å². The van der Waals surface area contributed by atoms with Gasteiger partial charge in [-0.1, -0.05) is 42.5 Å². The average Bonchev–Trinajstić information content (AvgIpc) is 3.20. The zero-order chi connectivity index (χ0) is 17.9. The highest BCUT2D eigenvalue weighted by Crippen LogP contribution is 2.38. The van der Waals surface area contributed by atoms with Gasteiger partial charge in [0.25, 0.3) is 5.91 Å². The Morgan fingerprint density at radius 2 is 1.65 bits per heavy atom. The van der Waals surface area contributed by atoms with E-state index in [0.29, 0.717) is 29.8 Å². The number of benzene rings is 2. The molecule has 3 atom stereocenters. The zero-order valence-corrected chi connectivity index (χ0v) is 14.9. The first-order valence-electron chi connectivity index (χ1n) is 9.44. The molecule has 2 fully saturated rings. The van der Waals surface area contributed by atoms with Crippen molar-refractivity contribution in [2.45, 2.75) is 25.4 Å². The van der Waals surface area contributed by atoms with Crippen LogP contribution in [-0.4, -0.2) is 41.7 Å². The number of fused-ring (bicyclic) bond motifs is 1. The molecule has 4 nitrogen and oxygen atoms in total. The van der Waals surface area contributed by atoms with E-state index in [2.05, 4.69) is 12.1 Å². The van der Waals surface area contributed by atoms with Crippen LogP contribution < -0.4 is 4.74 Å². The van der Waals surface area contributed by atoms with Gasteiger partial charge >= 0.3 is 0 Å². The molecular formula is C22H25NO3. The number of carbonyl (C=O) groups excluding carboxylic acids is 1. The molecule has 4 rings (SSSR count). The van der Waals surface area contributed by atoms with E-state index < -0.39 is 0 Å². The molecule has 2 aromatic rings. The minimum Gasteiger partial charge on any atom is -0.492 e. The van der Waals surface area contributed by atoms with Gasteiger partial charge in [0.1, 0.15) is 5.75 Å². The number of likely N-dealkylation sites (tertiary alicyclic amines) is 1. The molecule has 0 radical (unpaired) electrons. The summed E-state index contributed by atoms with van der Waals surface area (Å²) in [7, 11) is 0. The molecular weight excluding hydrogens is 326 g/mol. The average molecular weight is 351 g/mol. The van der Waals surface area contributed by atoms with Crippen molar-refractivity contribution in [3.8, 4) is 5.75 Å². The Bertz CT molecular complexity index is 747. The van der Waals surface area contributed by atoms with Crippen molar-refractivity contribution < 1.29 is 14.6 Å². The Hall–Kier alpha value is -2.33. The van der Waals surface area contributed by atoms with Crippen LogP contribution in [0.4, 0.5) is 0 Å². The third-order valence-corrected chi connectivity index (χ3v) is 5.62. The van der Waals surface area contributed by atoms with Crippen LogP contribution in [-0.2, 0) is 6.42 Å². The van der Waals surface area contributed by atoms with E-state index in [4.69, 9.17) is 4.74 Å². The van der Waals surface area contributed by atoms with E-state index in [1.54, 1.807) is 0 Å². The number of aliphatic hydroxyl groups excluding tert-OH is 1. The summed E-state index contributed by atoms with van der Waals surface area (Å²) < 4.78 is 5.95. The predicted molar refractivity (Wildman–Crippen MR) is 100 cm³/mol. The lowest BCUT2D eigenvalue weighted by Crippen LogP contribution is -2.30. The van der Waals surface area contributed by atoms with Crippen molar-refractivity contribution in [1.29, 1.82) is 0 Å². The van der Waals surface area contributed by atoms with Gasteiger partial charge in [0.15, 0.2) is 0 Å². The summed E-state index contributed by atoms with van der Waals surface area (Å²) in [5.41, 5.74) is 1.86. The molecule has 0 aromatic heterocycles. The Morgan fingerprint density at radius 1 is 1.00 bits per heavy atom. The van der Waals surface area contributed by atoms with Crippen molar-refractivity contribution in [1.82, 2.24) is 4.90 Å². The van der Waals surface area contributed by atoms with E-state index in [9.17, 15) is 9.90 Å². The largest absolute Gasteiger partial charge is 0.492 e. The monoisotopic (exact) mass is 351 g/mol. The van der Waals surface area contributed by atoms with Gasteiger partial charge in [0.05, 0.1) is 18.3 Å². The maximum absolute atomic E-state index is 13.0. The van der Waals surface area contributed by atoms with Gasteiger partial charge in [-0.25, -0.2) is 0 Å². The second-order valence-corrected chi connectivity index (χ2v) is 7.44. The van der Waals surface area contributed by atoms with Crippen LogP contribution in [0.2, 0.25) is 0 Å². The highest BCUT2D eigenvalue weighted by atomic mass is 16.5. The van der Waals surface area contributed by atoms with E-state index in [0.717, 1.165) is 32.4 Å². The molecule has 0 bridgehead atoms. The summed E-state index contributed by atoms with van der Waals surface area (Å²) in [4.78, 5) is 14.9. The SMILES string of the molecule is O=C(c1ccccc1OCCc1ccccc1)N1C[C@H]2CC(O)C[C@H]2C1. The lowest BCUT2D eigenvalue weighted by Gasteiger charge is -2.20. The summed E-state index contributed by atoms with van der Waals surface area (Å²) in [5.74, 6) is 1.59. The molecule has 1 unspecified atom stereocenters. The third-order valence-electron chi connectivity index (χ3n) is 5.62. The quantitative estimate of drug-likeness (QED) is 0.900. The molecule has 1 amide bonds. The summed E-state index contributed by atoms with van der Waals surface area (Å²) in [6.45, 7) is 2.05. The maximum Gasteiger partial charge on any atom is 0.257 e. The summed E-state index contributed by atoms with van der Waals surface area (Å²) in [6.07, 6.45) is 2.28. The van der Waals surface area contributed by atoms with Crippen molar-refractivity contribution in [2.24, 2.45) is 11.8 Å². The molecule has 0 spiro atoms. The number of rotatable bonds is 5. The van der Waals surface area contributed by atoms with Crippen LogP contribution in [0.1, 0.15) is 28.8 Å². The second-order valence-electron chi connectivity index (χ2n) is 7.44. The first kappa shape index (κ1) is 17.1. The Kier molecular flexibility index (Phi) is 4.93. The number of carbonyl (C=O) groups is 1. The third kappa shape index (κ3) is 3.61. The predicted octanol–water partition coefficient (Wildman–Crippen LogP) is 3.15. The standard InChI is InChI=1S/C22H25NO3/c24-19-12-17-14-23(15-18(17)13-19)22(25)20-8-4-5-9-21(20)26-11-10-16-6-2-1-3-7-16/h1-9,17-19,24H,10-15H2/t17-,18+,19?. The molecule has 1 heterocycles. The van der Waals surface area contributed by atoms with Gasteiger partial charge in [0, 0.05) is 19.5 Å². The molecule has 136 valence electrons. The number of hydrogen-bond donors (Lipinski definition) is 1. The van der Waals surface area contributed by atoms with Crippen LogP contribution in [0.15, 0.2) is 54.6 Å². The van der Waals surface area contributed by atoms with Crippen molar-refractivity contribution >= 4 is 5.91 Å². The lowest BCUT2D eigenvalue weighted by atomic mass is 10.0. The van der Waals surface area contributed by atoms with E-state index in [1.807, 2.05) is 47.4 Å². The first-order valence-corrected chi connectivity index (χ1v) is 9.44. The number of ether oxygens (including phenoxy) is 1. The molecule has 26 heavy (non-hydrogen) atoms. The summed E-state index contributed by atoms with van der Waals surface area (Å²) in [5, 5.41) is 9.79. The highest BCUT2D eigenvalue weighted by Gasteiger charge is 2.42. The minimum absolute atomic E-state index is 0.0456. The smallest absolute Gasteiger partial charge is 0.257 e. The summed E-state index contributed by atoms with van der Waals surface area (Å²) >= 11 is 0. The molecule has 2 aromatic carbocycles. The number of hydrogen-bond acceptors (Lipinski definition) is 3. The second kappa shape index (κ2) is 7.50. The fourth-order valence-electron chi connectivity index (χ4n) is 4.30. The van der Waals surface area contributed by atoms with E-state index in [-0.39, 0.29) is 12.0 Å². The first-order chi connectivity index (χ1) is 12.7. The minimum atomic E-state index is -0.184. The number of amides is 1. The number of aliphatic hydroxyl groups is 1. The summed E-state index contributed by atoms with van der Waals surface area (Å²) in [6, 6.07) is 17.7. The van der Waals surface area contributed by atoms with E-state index >= 15 is 0 Å². The van der Waals surface area contributed by atoms with Gasteiger partial charge in [-0.15, -0.1) is 0 Å². The number of nitrogens with zero attached hydrogens (tertiary/aromatic N) is 1. The van der Waals surface area contributed by atoms with Gasteiger partial charge in [-0.3, -0.25) is 4.79 Å². The van der Waals surface area contributed by atoms with Crippen LogP contribution in [0.3, 0.4) is 0 Å². The highest BCUT2D eigenvalue weighted by molar-refractivity contribution is 5.97. The van der Waals surface area contributed by atoms with E-state index in [1.165, 1.54) is 5.56 Å². The fourth-order valence-corrected chi connectivity index (χ4v) is 4.30. The Morgan fingerprint density at radius 3 is 2.38 bits per heavy atom. The van der Waals surface area contributed by atoms with Crippen LogP contribution in [0.25, 0.3) is 0 Å². The molecule has 1 aliphatic heterocycles. The zero-order valence-electron chi connectivity index (χ0n) is 14.9. The van der Waals surface area contributed by atoms with Crippen molar-refractivity contribution in [3.05, 3.63) is 65.7 Å². The van der Waals surface area contributed by atoms with Crippen LogP contribution >= 0.6 is 0 Å². The normalized spacial score (nSPS) is 24.5. The van der Waals surface area contributed by atoms with Crippen LogP contribution in [0, 0.1) is 11.8 Å². The van der Waals surface area contributed by atoms with Crippen LogP contribution in [0.5, 0.6) is 5.75 Å². The maximum atomic E-state index is 13.0. The molecule has 1 saturated heterocycles. The molecule has 1 N–H and O–H groups in total. The number of para-hydroxylation sites is 1. The Labute approximate surface area is 154 Å². The molecule has 2 aliphatic rings.